The highest BCUT2D eigenvalue weighted by atomic mass is 19.1. The minimum atomic E-state index is -0.338. The molecule has 32 heavy (non-hydrogen) atoms. The molecule has 3 fully saturated rings. The number of unbranched alkanes of at least 4 members (excludes halogenated alkanes) is 1. The third kappa shape index (κ3) is 6.83. The van der Waals surface area contributed by atoms with Crippen LogP contribution in [0.3, 0.4) is 0 Å². The molecule has 1 aromatic carbocycles. The maximum Gasteiger partial charge on any atom is 0.115 e. The molecule has 0 heterocycles. The van der Waals surface area contributed by atoms with E-state index in [0.29, 0.717) is 5.92 Å². The minimum Gasteiger partial charge on any atom is -0.246 e. The molecule has 0 atom stereocenters. The number of hydrogen-bond acceptors (Lipinski definition) is 0. The quantitative estimate of drug-likeness (QED) is 0.358. The number of benzene rings is 1. The smallest absolute Gasteiger partial charge is 0.115 e. The second-order valence-electron chi connectivity index (χ2n) is 11.9. The zero-order valence-corrected chi connectivity index (χ0v) is 20.9. The summed E-state index contributed by atoms with van der Waals surface area (Å²) >= 11 is 0. The zero-order chi connectivity index (χ0) is 22.2. The molecule has 3 aliphatic rings. The van der Waals surface area contributed by atoms with Crippen LogP contribution in [0.1, 0.15) is 133 Å². The van der Waals surface area contributed by atoms with Crippen molar-refractivity contribution in [2.24, 2.45) is 29.6 Å². The van der Waals surface area contributed by atoms with Crippen LogP contribution in [0.5, 0.6) is 0 Å². The van der Waals surface area contributed by atoms with Crippen molar-refractivity contribution in [3.63, 3.8) is 0 Å². The lowest BCUT2D eigenvalue weighted by Gasteiger charge is -2.38. The van der Waals surface area contributed by atoms with Gasteiger partial charge in [-0.3, -0.25) is 0 Å². The lowest BCUT2D eigenvalue weighted by molar-refractivity contribution is 0.136. The van der Waals surface area contributed by atoms with Crippen molar-refractivity contribution in [1.29, 1.82) is 0 Å². The lowest BCUT2D eigenvalue weighted by atomic mass is 9.68. The van der Waals surface area contributed by atoms with Gasteiger partial charge in [-0.1, -0.05) is 89.0 Å². The molecule has 3 saturated carbocycles. The van der Waals surface area contributed by atoms with Gasteiger partial charge in [0, 0.05) is 0 Å². The van der Waals surface area contributed by atoms with E-state index in [1.165, 1.54) is 102 Å². The predicted molar refractivity (Wildman–Crippen MR) is 136 cm³/mol. The third-order valence-electron chi connectivity index (χ3n) is 9.85. The van der Waals surface area contributed by atoms with Crippen LogP contribution in [-0.4, -0.2) is 0 Å². The van der Waals surface area contributed by atoms with E-state index in [1.54, 1.807) is 12.8 Å². The summed E-state index contributed by atoms with van der Waals surface area (Å²) in [6.45, 7) is 2.00. The first-order valence-corrected chi connectivity index (χ1v) is 14.4. The molecule has 0 bridgehead atoms. The average molecular weight is 441 g/mol. The van der Waals surface area contributed by atoms with Gasteiger partial charge in [0.1, 0.15) is 6.67 Å². The third-order valence-corrected chi connectivity index (χ3v) is 9.85. The molecule has 0 spiro atoms. The van der Waals surface area contributed by atoms with Gasteiger partial charge in [0.15, 0.2) is 0 Å². The first-order chi connectivity index (χ1) is 15.7. The van der Waals surface area contributed by atoms with E-state index < -0.39 is 0 Å². The molecule has 1 heteroatoms. The van der Waals surface area contributed by atoms with Crippen molar-refractivity contribution in [1.82, 2.24) is 0 Å². The largest absolute Gasteiger partial charge is 0.246 e. The van der Waals surface area contributed by atoms with E-state index in [0.717, 1.165) is 35.2 Å². The summed E-state index contributed by atoms with van der Waals surface area (Å²) in [5, 5.41) is 0. The zero-order valence-electron chi connectivity index (χ0n) is 20.9. The molecule has 0 unspecified atom stereocenters. The van der Waals surface area contributed by atoms with E-state index in [4.69, 9.17) is 0 Å². The topological polar surface area (TPSA) is 0 Å². The van der Waals surface area contributed by atoms with Gasteiger partial charge < -0.3 is 0 Å². The number of alkyl halides is 1. The summed E-state index contributed by atoms with van der Waals surface area (Å²) in [6.07, 6.45) is 25.1. The molecule has 1 aromatic rings. The van der Waals surface area contributed by atoms with Crippen molar-refractivity contribution in [3.8, 4) is 0 Å². The van der Waals surface area contributed by atoms with E-state index in [9.17, 15) is 4.39 Å². The standard InChI is InChI=1S/C31H49F/c1-2-3-4-24-7-15-28(16-8-24)29-17-9-25(10-18-29)5-6-26-11-19-30(20-12-26)31-21-13-27(23-32)14-22-31/h13-14,21-22,24-26,28-30H,2-12,15-20,23H2,1H3. The maximum absolute atomic E-state index is 12.8. The molecule has 0 saturated heterocycles. The Hall–Kier alpha value is -0.850. The van der Waals surface area contributed by atoms with Crippen molar-refractivity contribution < 1.29 is 4.39 Å². The van der Waals surface area contributed by atoms with Crippen molar-refractivity contribution in [2.75, 3.05) is 0 Å². The summed E-state index contributed by atoms with van der Waals surface area (Å²) in [5.74, 6) is 5.91. The van der Waals surface area contributed by atoms with Crippen LogP contribution in [0.15, 0.2) is 24.3 Å². The Morgan fingerprint density at radius 1 is 0.625 bits per heavy atom. The van der Waals surface area contributed by atoms with E-state index >= 15 is 0 Å². The second kappa shape index (κ2) is 12.6. The Bertz CT molecular complexity index is 625. The SMILES string of the molecule is CCCCC1CCC(C2CCC(CCC3CCC(c4ccc(CF)cc4)CC3)CC2)CC1. The minimum absolute atomic E-state index is 0.338. The molecule has 0 aromatic heterocycles. The fourth-order valence-corrected chi connectivity index (χ4v) is 7.52. The molecule has 0 radical (unpaired) electrons. The number of hydrogen-bond donors (Lipinski definition) is 0. The van der Waals surface area contributed by atoms with Crippen LogP contribution in [0, 0.1) is 29.6 Å². The van der Waals surface area contributed by atoms with Crippen molar-refractivity contribution in [3.05, 3.63) is 35.4 Å². The van der Waals surface area contributed by atoms with Gasteiger partial charge in [0.2, 0.25) is 0 Å². The molecule has 0 aliphatic heterocycles. The highest BCUT2D eigenvalue weighted by molar-refractivity contribution is 5.25. The average Bonchev–Trinajstić information content (AvgIpc) is 2.87. The summed E-state index contributed by atoms with van der Waals surface area (Å²) in [6, 6.07) is 8.32. The van der Waals surface area contributed by atoms with Gasteiger partial charge in [-0.05, 0) is 98.0 Å². The fourth-order valence-electron chi connectivity index (χ4n) is 7.52. The molecular weight excluding hydrogens is 391 g/mol. The highest BCUT2D eigenvalue weighted by Crippen LogP contribution is 2.44. The number of halogens is 1. The Labute approximate surface area is 198 Å². The molecule has 0 nitrogen and oxygen atoms in total. The van der Waals surface area contributed by atoms with Gasteiger partial charge in [0.25, 0.3) is 0 Å². The summed E-state index contributed by atoms with van der Waals surface area (Å²) in [5.41, 5.74) is 2.26. The predicted octanol–water partition coefficient (Wildman–Crippen LogP) is 10.0. The molecule has 180 valence electrons. The maximum atomic E-state index is 12.8. The Morgan fingerprint density at radius 3 is 1.56 bits per heavy atom. The van der Waals surface area contributed by atoms with Crippen LogP contribution in [-0.2, 0) is 6.67 Å². The fraction of sp³-hybridized carbons (Fsp3) is 0.806. The van der Waals surface area contributed by atoms with Crippen LogP contribution in [0.4, 0.5) is 4.39 Å². The van der Waals surface area contributed by atoms with Gasteiger partial charge in [-0.25, -0.2) is 4.39 Å². The van der Waals surface area contributed by atoms with Gasteiger partial charge >= 0.3 is 0 Å². The molecular formula is C31H49F. The van der Waals surface area contributed by atoms with Crippen molar-refractivity contribution in [2.45, 2.75) is 129 Å². The molecule has 4 rings (SSSR count). The Balaban J connectivity index is 1.10. The summed E-state index contributed by atoms with van der Waals surface area (Å²) < 4.78 is 12.8. The summed E-state index contributed by atoms with van der Waals surface area (Å²) in [4.78, 5) is 0. The first kappa shape index (κ1) is 24.3. The second-order valence-corrected chi connectivity index (χ2v) is 11.9. The highest BCUT2D eigenvalue weighted by Gasteiger charge is 2.31. The monoisotopic (exact) mass is 440 g/mol. The van der Waals surface area contributed by atoms with E-state index in [-0.39, 0.29) is 6.67 Å². The van der Waals surface area contributed by atoms with Crippen LogP contribution >= 0.6 is 0 Å². The summed E-state index contributed by atoms with van der Waals surface area (Å²) in [7, 11) is 0. The lowest BCUT2D eigenvalue weighted by Crippen LogP contribution is -2.26. The van der Waals surface area contributed by atoms with Gasteiger partial charge in [0.05, 0.1) is 0 Å². The molecule has 3 aliphatic carbocycles. The normalized spacial score (nSPS) is 33.8. The molecule has 0 N–H and O–H groups in total. The van der Waals surface area contributed by atoms with Crippen LogP contribution in [0.2, 0.25) is 0 Å². The Morgan fingerprint density at radius 2 is 1.09 bits per heavy atom. The first-order valence-electron chi connectivity index (χ1n) is 14.4. The van der Waals surface area contributed by atoms with Crippen LogP contribution in [0.25, 0.3) is 0 Å². The van der Waals surface area contributed by atoms with Gasteiger partial charge in [-0.15, -0.1) is 0 Å². The van der Waals surface area contributed by atoms with Crippen LogP contribution < -0.4 is 0 Å². The number of rotatable bonds is 9. The van der Waals surface area contributed by atoms with Gasteiger partial charge in [-0.2, -0.15) is 0 Å². The molecule has 0 amide bonds. The Kier molecular flexibility index (Phi) is 9.54. The van der Waals surface area contributed by atoms with E-state index in [1.807, 2.05) is 12.1 Å². The van der Waals surface area contributed by atoms with Crippen molar-refractivity contribution >= 4 is 0 Å². The van der Waals surface area contributed by atoms with E-state index in [2.05, 4.69) is 19.1 Å².